The minimum absolute atomic E-state index is 0.0339. The number of hydrogen-bond acceptors (Lipinski definition) is 6. The summed E-state index contributed by atoms with van der Waals surface area (Å²) in [6.45, 7) is 3.97. The van der Waals surface area contributed by atoms with E-state index in [1.165, 1.54) is 0 Å². The van der Waals surface area contributed by atoms with Crippen LogP contribution in [-0.2, 0) is 10.2 Å². The molecule has 1 saturated carbocycles. The highest BCUT2D eigenvalue weighted by Gasteiger charge is 2.49. The van der Waals surface area contributed by atoms with Gasteiger partial charge in [-0.2, -0.15) is 17.0 Å². The minimum Gasteiger partial charge on any atom is -0.360 e. The number of amides is 1. The second-order valence-corrected chi connectivity index (χ2v) is 11.5. The lowest BCUT2D eigenvalue weighted by atomic mass is 9.99. The summed E-state index contributed by atoms with van der Waals surface area (Å²) in [6, 6.07) is 1.88. The molecule has 1 N–H and O–H groups in total. The highest BCUT2D eigenvalue weighted by molar-refractivity contribution is 7.86. The first kappa shape index (κ1) is 21.4. The van der Waals surface area contributed by atoms with Crippen molar-refractivity contribution in [2.45, 2.75) is 82.0 Å². The number of fused-ring (bicyclic) bond motifs is 2. The fourth-order valence-electron chi connectivity index (χ4n) is 5.55. The molecule has 0 spiro atoms. The molecule has 5 rings (SSSR count). The van der Waals surface area contributed by atoms with Gasteiger partial charge in [-0.1, -0.05) is 12.1 Å². The summed E-state index contributed by atoms with van der Waals surface area (Å²) in [6.07, 6.45) is 6.15. The predicted molar refractivity (Wildman–Crippen MR) is 115 cm³/mol. The zero-order valence-electron chi connectivity index (χ0n) is 18.4. The molecule has 1 amide bonds. The van der Waals surface area contributed by atoms with E-state index in [0.29, 0.717) is 37.5 Å². The van der Waals surface area contributed by atoms with E-state index in [1.807, 2.05) is 0 Å². The average molecular weight is 452 g/mol. The van der Waals surface area contributed by atoms with Crippen LogP contribution in [0.15, 0.2) is 10.6 Å². The normalized spacial score (nSPS) is 33.0. The molecule has 4 aliphatic rings. The zero-order valence-corrected chi connectivity index (χ0v) is 19.2. The van der Waals surface area contributed by atoms with E-state index in [4.69, 9.17) is 4.52 Å². The van der Waals surface area contributed by atoms with Crippen LogP contribution in [0.4, 0.5) is 0 Å². The number of aromatic nitrogens is 1. The van der Waals surface area contributed by atoms with Crippen molar-refractivity contribution in [1.82, 2.24) is 24.0 Å². The number of nitrogens with zero attached hydrogens (tertiary/aromatic N) is 4. The Morgan fingerprint density at radius 2 is 1.90 bits per heavy atom. The van der Waals surface area contributed by atoms with Crippen molar-refractivity contribution in [2.24, 2.45) is 0 Å². The Morgan fingerprint density at radius 3 is 2.55 bits per heavy atom. The summed E-state index contributed by atoms with van der Waals surface area (Å²) in [7, 11) is -1.42. The largest absolute Gasteiger partial charge is 0.360 e. The van der Waals surface area contributed by atoms with E-state index in [0.717, 1.165) is 44.4 Å². The number of carbonyl (C=O) groups excluding carboxylic acids is 1. The summed E-state index contributed by atoms with van der Waals surface area (Å²) in [4.78, 5) is 14.9. The number of carbonyl (C=O) groups is 1. The van der Waals surface area contributed by atoms with Crippen LogP contribution in [0.25, 0.3) is 0 Å². The lowest BCUT2D eigenvalue weighted by Crippen LogP contribution is -2.60. The Kier molecular flexibility index (Phi) is 5.60. The molecule has 31 heavy (non-hydrogen) atoms. The van der Waals surface area contributed by atoms with Gasteiger partial charge in [0.15, 0.2) is 5.69 Å². The van der Waals surface area contributed by atoms with Crippen LogP contribution in [0.2, 0.25) is 0 Å². The summed E-state index contributed by atoms with van der Waals surface area (Å²) >= 11 is 0. The Balaban J connectivity index is 1.23. The molecule has 3 saturated heterocycles. The third kappa shape index (κ3) is 4.03. The summed E-state index contributed by atoms with van der Waals surface area (Å²) in [5, 5.41) is 7.01. The fraction of sp³-hybridized carbons (Fsp3) is 0.810. The SMILES string of the molecule is CCC1CN(S(=O)(=O)N2[C@@H]3CC[C@H]2CC(NC(=O)c2cc(C4CC4)on2)C3)CCN1C. The molecule has 172 valence electrons. The van der Waals surface area contributed by atoms with Crippen LogP contribution in [0.1, 0.15) is 74.0 Å². The van der Waals surface area contributed by atoms with Gasteiger partial charge >= 0.3 is 0 Å². The van der Waals surface area contributed by atoms with Crippen molar-refractivity contribution >= 4 is 16.1 Å². The average Bonchev–Trinajstić information content (AvgIpc) is 3.40. The van der Waals surface area contributed by atoms with E-state index in [9.17, 15) is 13.2 Å². The van der Waals surface area contributed by atoms with E-state index >= 15 is 0 Å². The number of likely N-dealkylation sites (N-methyl/N-ethyl adjacent to an activating group) is 1. The molecule has 1 aromatic heterocycles. The van der Waals surface area contributed by atoms with Crippen LogP contribution in [0.3, 0.4) is 0 Å². The molecule has 2 unspecified atom stereocenters. The molecule has 10 heteroatoms. The van der Waals surface area contributed by atoms with Gasteiger partial charge in [-0.05, 0) is 52.0 Å². The second-order valence-electron chi connectivity index (χ2n) is 9.65. The quantitative estimate of drug-likeness (QED) is 0.705. The van der Waals surface area contributed by atoms with Crippen molar-refractivity contribution in [1.29, 1.82) is 0 Å². The van der Waals surface area contributed by atoms with Crippen LogP contribution in [0, 0.1) is 0 Å². The molecule has 4 fully saturated rings. The maximum atomic E-state index is 13.5. The Morgan fingerprint density at radius 1 is 1.19 bits per heavy atom. The second kappa shape index (κ2) is 8.13. The van der Waals surface area contributed by atoms with Crippen LogP contribution in [-0.4, -0.2) is 83.8 Å². The van der Waals surface area contributed by atoms with Crippen molar-refractivity contribution in [3.8, 4) is 0 Å². The topological polar surface area (TPSA) is 99.0 Å². The molecular formula is C21H33N5O4S. The van der Waals surface area contributed by atoms with E-state index < -0.39 is 10.2 Å². The summed E-state index contributed by atoms with van der Waals surface area (Å²) < 4.78 is 35.8. The predicted octanol–water partition coefficient (Wildman–Crippen LogP) is 1.55. The van der Waals surface area contributed by atoms with Crippen LogP contribution < -0.4 is 5.32 Å². The fourth-order valence-corrected chi connectivity index (χ4v) is 7.62. The Bertz CT molecular complexity index is 916. The van der Waals surface area contributed by atoms with Crippen LogP contribution >= 0.6 is 0 Å². The van der Waals surface area contributed by atoms with Gasteiger partial charge in [0.1, 0.15) is 5.76 Å². The zero-order chi connectivity index (χ0) is 21.8. The van der Waals surface area contributed by atoms with Gasteiger partial charge in [0.05, 0.1) is 0 Å². The maximum Gasteiger partial charge on any atom is 0.282 e. The van der Waals surface area contributed by atoms with Crippen molar-refractivity contribution in [2.75, 3.05) is 26.7 Å². The van der Waals surface area contributed by atoms with Crippen molar-refractivity contribution in [3.63, 3.8) is 0 Å². The minimum atomic E-state index is -3.49. The number of piperidine rings is 1. The standard InChI is InChI=1S/C21H33N5O4S/c1-3-16-13-25(9-8-24(16)2)31(28,29)26-17-6-7-18(26)11-15(10-17)22-21(27)19-12-20(30-23-19)14-4-5-14/h12,14-18H,3-11,13H2,1-2H3,(H,22,27)/t15?,16?,17-,18+. The monoisotopic (exact) mass is 451 g/mol. The number of hydrogen-bond donors (Lipinski definition) is 1. The first-order valence-electron chi connectivity index (χ1n) is 11.6. The lowest BCUT2D eigenvalue weighted by Gasteiger charge is -2.44. The first-order valence-corrected chi connectivity index (χ1v) is 13.0. The smallest absolute Gasteiger partial charge is 0.282 e. The molecule has 2 bridgehead atoms. The van der Waals surface area contributed by atoms with E-state index in [1.54, 1.807) is 14.7 Å². The maximum absolute atomic E-state index is 13.5. The highest BCUT2D eigenvalue weighted by atomic mass is 32.2. The summed E-state index contributed by atoms with van der Waals surface area (Å²) in [5.74, 6) is 0.991. The molecule has 0 radical (unpaired) electrons. The molecule has 4 atom stereocenters. The molecule has 0 aromatic carbocycles. The highest BCUT2D eigenvalue weighted by Crippen LogP contribution is 2.41. The summed E-state index contributed by atoms with van der Waals surface area (Å²) in [5.41, 5.74) is 0.326. The van der Waals surface area contributed by atoms with Gasteiger partial charge in [0, 0.05) is 55.8 Å². The number of rotatable bonds is 6. The van der Waals surface area contributed by atoms with Gasteiger partial charge in [0.25, 0.3) is 16.1 Å². The lowest BCUT2D eigenvalue weighted by molar-refractivity contribution is 0.0893. The van der Waals surface area contributed by atoms with Gasteiger partial charge in [-0.25, -0.2) is 0 Å². The molecule has 1 aliphatic carbocycles. The van der Waals surface area contributed by atoms with Crippen LogP contribution in [0.5, 0.6) is 0 Å². The van der Waals surface area contributed by atoms with Gasteiger partial charge in [-0.15, -0.1) is 0 Å². The van der Waals surface area contributed by atoms with Crippen molar-refractivity contribution in [3.05, 3.63) is 17.5 Å². The Hall–Kier alpha value is -1.49. The molecular weight excluding hydrogens is 418 g/mol. The van der Waals surface area contributed by atoms with Gasteiger partial charge in [0.2, 0.25) is 0 Å². The van der Waals surface area contributed by atoms with Crippen molar-refractivity contribution < 1.29 is 17.7 Å². The molecule has 4 heterocycles. The van der Waals surface area contributed by atoms with Gasteiger partial charge < -0.3 is 14.7 Å². The molecule has 1 aromatic rings. The third-order valence-electron chi connectivity index (χ3n) is 7.55. The first-order chi connectivity index (χ1) is 14.9. The molecule has 9 nitrogen and oxygen atoms in total. The van der Waals surface area contributed by atoms with E-state index in [2.05, 4.69) is 29.3 Å². The number of piperazine rings is 1. The van der Waals surface area contributed by atoms with E-state index in [-0.39, 0.29) is 30.1 Å². The molecule has 3 aliphatic heterocycles. The third-order valence-corrected chi connectivity index (χ3v) is 9.66. The number of nitrogens with one attached hydrogen (secondary N) is 1. The van der Waals surface area contributed by atoms with Gasteiger partial charge in [-0.3, -0.25) is 4.79 Å². The Labute approximate surface area is 184 Å².